The van der Waals surface area contributed by atoms with Gasteiger partial charge in [-0.1, -0.05) is 0 Å². The van der Waals surface area contributed by atoms with Crippen LogP contribution in [0.1, 0.15) is 12.0 Å². The molecule has 4 nitrogen and oxygen atoms in total. The van der Waals surface area contributed by atoms with Crippen LogP contribution in [0, 0.1) is 17.1 Å². The Morgan fingerprint density at radius 2 is 2.06 bits per heavy atom. The first kappa shape index (κ1) is 14.4. The van der Waals surface area contributed by atoms with E-state index in [0.717, 1.165) is 0 Å². The summed E-state index contributed by atoms with van der Waals surface area (Å²) in [6, 6.07) is 5.95. The van der Waals surface area contributed by atoms with Gasteiger partial charge in [0, 0.05) is 26.2 Å². The fraction of sp³-hybridized carbons (Fsp3) is 0.462. The van der Waals surface area contributed by atoms with Crippen molar-refractivity contribution in [3.8, 4) is 11.8 Å². The van der Waals surface area contributed by atoms with Crippen LogP contribution in [-0.4, -0.2) is 33.5 Å². The van der Waals surface area contributed by atoms with E-state index in [9.17, 15) is 4.39 Å². The van der Waals surface area contributed by atoms with Crippen molar-refractivity contribution in [3.05, 3.63) is 29.6 Å². The minimum Gasteiger partial charge on any atom is -0.493 e. The Labute approximate surface area is 106 Å². The monoisotopic (exact) mass is 253 g/mol. The molecular weight excluding hydrogens is 237 g/mol. The van der Waals surface area contributed by atoms with Crippen LogP contribution < -0.4 is 4.74 Å². The Morgan fingerprint density at radius 1 is 1.22 bits per heavy atom. The maximum atomic E-state index is 13.2. The molecule has 0 saturated carbocycles. The second-order valence-electron chi connectivity index (χ2n) is 3.56. The molecule has 0 aliphatic rings. The zero-order valence-electron chi connectivity index (χ0n) is 10.3. The van der Waals surface area contributed by atoms with Gasteiger partial charge in [0.2, 0.25) is 0 Å². The lowest BCUT2D eigenvalue weighted by molar-refractivity contribution is 0.0644. The van der Waals surface area contributed by atoms with Crippen molar-refractivity contribution in [2.75, 3.05) is 33.5 Å². The van der Waals surface area contributed by atoms with E-state index in [1.807, 2.05) is 0 Å². The second-order valence-corrected chi connectivity index (χ2v) is 3.56. The quantitative estimate of drug-likeness (QED) is 0.666. The number of hydrogen-bond donors (Lipinski definition) is 0. The number of benzene rings is 1. The molecule has 0 atom stereocenters. The van der Waals surface area contributed by atoms with Crippen molar-refractivity contribution in [2.45, 2.75) is 6.42 Å². The van der Waals surface area contributed by atoms with Gasteiger partial charge >= 0.3 is 0 Å². The number of hydrogen-bond acceptors (Lipinski definition) is 4. The van der Waals surface area contributed by atoms with Crippen LogP contribution in [0.2, 0.25) is 0 Å². The van der Waals surface area contributed by atoms with Crippen LogP contribution in [0.25, 0.3) is 0 Å². The highest BCUT2D eigenvalue weighted by molar-refractivity contribution is 5.36. The van der Waals surface area contributed by atoms with Crippen LogP contribution in [0.5, 0.6) is 5.75 Å². The van der Waals surface area contributed by atoms with Crippen molar-refractivity contribution in [1.29, 1.82) is 5.26 Å². The predicted molar refractivity (Wildman–Crippen MR) is 63.9 cm³/mol. The van der Waals surface area contributed by atoms with E-state index in [-0.39, 0.29) is 5.56 Å². The highest BCUT2D eigenvalue weighted by Crippen LogP contribution is 2.16. The van der Waals surface area contributed by atoms with E-state index in [0.29, 0.717) is 38.6 Å². The Bertz CT molecular complexity index is 404. The highest BCUT2D eigenvalue weighted by Gasteiger charge is 2.03. The number of ether oxygens (including phenoxy) is 3. The second kappa shape index (κ2) is 8.45. The molecule has 0 aromatic heterocycles. The first-order valence-corrected chi connectivity index (χ1v) is 5.67. The Morgan fingerprint density at radius 3 is 2.72 bits per heavy atom. The largest absolute Gasteiger partial charge is 0.493 e. The van der Waals surface area contributed by atoms with Gasteiger partial charge < -0.3 is 14.2 Å². The zero-order chi connectivity index (χ0) is 13.2. The normalized spacial score (nSPS) is 10.1. The van der Waals surface area contributed by atoms with Crippen LogP contribution >= 0.6 is 0 Å². The van der Waals surface area contributed by atoms with Crippen molar-refractivity contribution in [1.82, 2.24) is 0 Å². The minimum atomic E-state index is -0.564. The van der Waals surface area contributed by atoms with E-state index < -0.39 is 5.82 Å². The topological polar surface area (TPSA) is 51.5 Å². The Balaban J connectivity index is 2.20. The minimum absolute atomic E-state index is 0.0187. The Hall–Kier alpha value is -1.64. The number of nitriles is 1. The average molecular weight is 253 g/mol. The summed E-state index contributed by atoms with van der Waals surface area (Å²) in [5.41, 5.74) is 0.0187. The molecule has 0 saturated heterocycles. The zero-order valence-corrected chi connectivity index (χ0v) is 10.3. The molecule has 0 heterocycles. The number of nitrogens with zero attached hydrogens (tertiary/aromatic N) is 1. The number of methoxy groups -OCH3 is 1. The Kier molecular flexibility index (Phi) is 6.77. The summed E-state index contributed by atoms with van der Waals surface area (Å²) in [5.74, 6) is -0.144. The molecule has 0 fully saturated rings. The van der Waals surface area contributed by atoms with E-state index in [1.165, 1.54) is 12.1 Å². The third-order valence-corrected chi connectivity index (χ3v) is 2.19. The average Bonchev–Trinajstić information content (AvgIpc) is 2.38. The standard InChI is InChI=1S/C13H16FNO3/c1-16-7-8-17-5-2-6-18-12-4-3-11(10-15)13(14)9-12/h3-4,9H,2,5-8H2,1H3. The molecule has 0 unspecified atom stereocenters. The first-order chi connectivity index (χ1) is 8.77. The summed E-state index contributed by atoms with van der Waals surface area (Å²) in [5, 5.41) is 8.57. The lowest BCUT2D eigenvalue weighted by Crippen LogP contribution is -2.06. The third kappa shape index (κ3) is 5.13. The molecule has 98 valence electrons. The lowest BCUT2D eigenvalue weighted by Gasteiger charge is -2.07. The van der Waals surface area contributed by atoms with Crippen LogP contribution in [0.3, 0.4) is 0 Å². The van der Waals surface area contributed by atoms with Crippen molar-refractivity contribution < 1.29 is 18.6 Å². The lowest BCUT2D eigenvalue weighted by atomic mass is 10.2. The molecule has 18 heavy (non-hydrogen) atoms. The molecule has 0 amide bonds. The molecule has 0 N–H and O–H groups in total. The van der Waals surface area contributed by atoms with Gasteiger partial charge in [-0.3, -0.25) is 0 Å². The van der Waals surface area contributed by atoms with Gasteiger partial charge in [-0.2, -0.15) is 5.26 Å². The van der Waals surface area contributed by atoms with Gasteiger partial charge in [-0.15, -0.1) is 0 Å². The number of rotatable bonds is 8. The van der Waals surface area contributed by atoms with Crippen LogP contribution in [0.4, 0.5) is 4.39 Å². The summed E-state index contributed by atoms with van der Waals surface area (Å²) < 4.78 is 28.6. The van der Waals surface area contributed by atoms with Crippen LogP contribution in [0.15, 0.2) is 18.2 Å². The molecule has 0 aliphatic carbocycles. The highest BCUT2D eigenvalue weighted by atomic mass is 19.1. The van der Waals surface area contributed by atoms with E-state index in [1.54, 1.807) is 19.2 Å². The summed E-state index contributed by atoms with van der Waals surface area (Å²) in [4.78, 5) is 0. The SMILES string of the molecule is COCCOCCCOc1ccc(C#N)c(F)c1. The summed E-state index contributed by atoms with van der Waals surface area (Å²) in [6.07, 6.45) is 0.714. The number of halogens is 1. The molecule has 1 rings (SSSR count). The fourth-order valence-corrected chi connectivity index (χ4v) is 1.27. The van der Waals surface area contributed by atoms with Crippen molar-refractivity contribution >= 4 is 0 Å². The maximum absolute atomic E-state index is 13.2. The summed E-state index contributed by atoms with van der Waals surface area (Å²) >= 11 is 0. The molecule has 0 spiro atoms. The van der Waals surface area contributed by atoms with Gasteiger partial charge in [0.1, 0.15) is 17.6 Å². The van der Waals surface area contributed by atoms with Crippen molar-refractivity contribution in [3.63, 3.8) is 0 Å². The fourth-order valence-electron chi connectivity index (χ4n) is 1.27. The van der Waals surface area contributed by atoms with Gasteiger partial charge in [0.25, 0.3) is 0 Å². The third-order valence-electron chi connectivity index (χ3n) is 2.19. The molecular formula is C13H16FNO3. The van der Waals surface area contributed by atoms with E-state index in [2.05, 4.69) is 0 Å². The van der Waals surface area contributed by atoms with Gasteiger partial charge in [0.15, 0.2) is 0 Å². The maximum Gasteiger partial charge on any atom is 0.144 e. The van der Waals surface area contributed by atoms with Gasteiger partial charge in [-0.05, 0) is 12.1 Å². The summed E-state index contributed by atoms with van der Waals surface area (Å²) in [6.45, 7) is 2.14. The van der Waals surface area contributed by atoms with E-state index in [4.69, 9.17) is 19.5 Å². The predicted octanol–water partition coefficient (Wildman–Crippen LogP) is 2.13. The smallest absolute Gasteiger partial charge is 0.144 e. The van der Waals surface area contributed by atoms with Gasteiger partial charge in [0.05, 0.1) is 25.4 Å². The molecule has 1 aromatic rings. The van der Waals surface area contributed by atoms with Crippen LogP contribution in [-0.2, 0) is 9.47 Å². The summed E-state index contributed by atoms with van der Waals surface area (Å²) in [7, 11) is 1.62. The molecule has 5 heteroatoms. The molecule has 1 aromatic carbocycles. The molecule has 0 aliphatic heterocycles. The van der Waals surface area contributed by atoms with Gasteiger partial charge in [-0.25, -0.2) is 4.39 Å². The first-order valence-electron chi connectivity index (χ1n) is 5.67. The molecule has 0 radical (unpaired) electrons. The van der Waals surface area contributed by atoms with E-state index >= 15 is 0 Å². The molecule has 0 bridgehead atoms. The van der Waals surface area contributed by atoms with Crippen molar-refractivity contribution in [2.24, 2.45) is 0 Å².